The number of amides is 4. The van der Waals surface area contributed by atoms with Gasteiger partial charge in [0.25, 0.3) is 5.91 Å². The molecule has 1 aromatic carbocycles. The average molecular weight is 837 g/mol. The van der Waals surface area contributed by atoms with Gasteiger partial charge < -0.3 is 55.4 Å². The maximum absolute atomic E-state index is 14.6. The number of benzene rings is 1. The Morgan fingerprint density at radius 2 is 1.50 bits per heavy atom. The third-order valence-corrected chi connectivity index (χ3v) is 10.7. The number of hydrogen-bond acceptors (Lipinski definition) is 13. The van der Waals surface area contributed by atoms with Gasteiger partial charge in [-0.15, -0.1) is 11.3 Å². The first-order chi connectivity index (χ1) is 27.7. The first-order valence-corrected chi connectivity index (χ1v) is 20.8. The molecule has 1 saturated carbocycles. The third-order valence-electron chi connectivity index (χ3n) is 9.69. The van der Waals surface area contributed by atoms with Gasteiger partial charge in [0.2, 0.25) is 17.7 Å². The summed E-state index contributed by atoms with van der Waals surface area (Å²) in [5.41, 5.74) is 6.77. The van der Waals surface area contributed by atoms with Crippen LogP contribution in [0.15, 0.2) is 29.8 Å². The quantitative estimate of drug-likeness (QED) is 0.0860. The third kappa shape index (κ3) is 14.9. The molecule has 1 aliphatic heterocycles. The summed E-state index contributed by atoms with van der Waals surface area (Å²) in [5, 5.41) is 19.0. The van der Waals surface area contributed by atoms with E-state index in [0.717, 1.165) is 16.1 Å². The number of nitrogens with zero attached hydrogens (tertiary/aromatic N) is 2. The fourth-order valence-corrected chi connectivity index (χ4v) is 7.08. The predicted molar refractivity (Wildman–Crippen MR) is 215 cm³/mol. The van der Waals surface area contributed by atoms with Gasteiger partial charge in [-0.05, 0) is 36.3 Å². The van der Waals surface area contributed by atoms with Crippen LogP contribution in [0.4, 0.5) is 4.39 Å². The molecule has 58 heavy (non-hydrogen) atoms. The summed E-state index contributed by atoms with van der Waals surface area (Å²) in [6.07, 6.45) is -1.00. The second-order valence-corrected chi connectivity index (χ2v) is 16.3. The molecule has 2 heterocycles. The molecule has 6 N–H and O–H groups in total. The van der Waals surface area contributed by atoms with Crippen molar-refractivity contribution in [3.05, 3.63) is 41.0 Å². The summed E-state index contributed by atoms with van der Waals surface area (Å²) in [6.45, 7) is 11.8. The highest BCUT2D eigenvalue weighted by Crippen LogP contribution is 2.40. The van der Waals surface area contributed by atoms with Gasteiger partial charge in [-0.2, -0.15) is 0 Å². The van der Waals surface area contributed by atoms with Gasteiger partial charge in [-0.1, -0.05) is 45.0 Å². The summed E-state index contributed by atoms with van der Waals surface area (Å²) in [7, 11) is 0. The van der Waals surface area contributed by atoms with Gasteiger partial charge in [0, 0.05) is 26.1 Å². The molecular formula is C40H61FN6O10S. The standard InChI is InChI=1S/C40H61FN6O10S/c1-27-34(58-26-44-27)29-7-5-28(6-8-29)31(24-33(49)43-12-14-54-16-18-56-20-22-57-21-19-55-17-15-53-13-11-42)45-36(50)32-23-30(48)25-47(32)37(51)35(39(2,3)4)46-38(52)40(41)9-10-40/h5-8,26,30-32,35,48H,9-25,42H2,1-4H3,(H,43,49)(H,45,50)(H,46,52)/t30-,31+,32+,35?/m1/s1. The minimum atomic E-state index is -2.00. The van der Waals surface area contributed by atoms with E-state index in [1.54, 1.807) is 26.3 Å². The molecule has 4 rings (SSSR count). The van der Waals surface area contributed by atoms with Crippen molar-refractivity contribution in [3.63, 3.8) is 0 Å². The Morgan fingerprint density at radius 3 is 2.02 bits per heavy atom. The number of aryl methyl sites for hydroxylation is 1. The highest BCUT2D eigenvalue weighted by atomic mass is 32.1. The van der Waals surface area contributed by atoms with E-state index in [1.165, 1.54) is 16.2 Å². The number of likely N-dealkylation sites (tertiary alicyclic amines) is 1. The first-order valence-electron chi connectivity index (χ1n) is 19.9. The normalized spacial score (nSPS) is 18.4. The Kier molecular flexibility index (Phi) is 18.9. The number of β-amino-alcohol motifs (C(OH)–C–C–N with tert-alkyl or cyclic N) is 1. The SMILES string of the molecule is Cc1ncsc1-c1ccc([C@H](CC(=O)NCCOCCOCCOCCOCCOCCN)NC(=O)[C@@H]2C[C@@H](O)CN2C(=O)C(NC(=O)C2(F)CC2)C(C)(C)C)cc1. The maximum atomic E-state index is 14.6. The fraction of sp³-hybridized carbons (Fsp3) is 0.675. The molecule has 324 valence electrons. The minimum absolute atomic E-state index is 0.0482. The minimum Gasteiger partial charge on any atom is -0.391 e. The topological polar surface area (TPSA) is 213 Å². The average Bonchev–Trinajstić information content (AvgIpc) is 3.59. The van der Waals surface area contributed by atoms with E-state index < -0.39 is 53.0 Å². The second-order valence-electron chi connectivity index (χ2n) is 15.5. The lowest BCUT2D eigenvalue weighted by Gasteiger charge is -2.36. The van der Waals surface area contributed by atoms with Gasteiger partial charge >= 0.3 is 0 Å². The zero-order chi connectivity index (χ0) is 42.1. The number of ether oxygens (including phenoxy) is 5. The van der Waals surface area contributed by atoms with Gasteiger partial charge in [0.05, 0.1) is 101 Å². The van der Waals surface area contributed by atoms with Crippen LogP contribution in [0.5, 0.6) is 0 Å². The van der Waals surface area contributed by atoms with Crippen LogP contribution in [0.3, 0.4) is 0 Å². The van der Waals surface area contributed by atoms with E-state index in [2.05, 4.69) is 20.9 Å². The number of rotatable bonds is 26. The molecule has 0 radical (unpaired) electrons. The number of aliphatic hydroxyl groups excluding tert-OH is 1. The highest BCUT2D eigenvalue weighted by molar-refractivity contribution is 7.13. The molecule has 2 aliphatic rings. The Bertz CT molecular complexity index is 1600. The van der Waals surface area contributed by atoms with E-state index in [9.17, 15) is 28.7 Å². The molecule has 2 fully saturated rings. The summed E-state index contributed by atoms with van der Waals surface area (Å²) >= 11 is 1.51. The summed E-state index contributed by atoms with van der Waals surface area (Å²) in [4.78, 5) is 60.5. The number of nitrogens with two attached hydrogens (primary N) is 1. The van der Waals surface area contributed by atoms with Crippen molar-refractivity contribution in [2.24, 2.45) is 11.1 Å². The van der Waals surface area contributed by atoms with Crippen molar-refractivity contribution in [2.45, 2.75) is 83.3 Å². The van der Waals surface area contributed by atoms with Gasteiger partial charge in [0.1, 0.15) is 12.1 Å². The zero-order valence-corrected chi connectivity index (χ0v) is 34.9. The number of aromatic nitrogens is 1. The van der Waals surface area contributed by atoms with Crippen molar-refractivity contribution < 1.29 is 52.4 Å². The number of nitrogens with one attached hydrogen (secondary N) is 3. The zero-order valence-electron chi connectivity index (χ0n) is 34.1. The Labute approximate surface area is 344 Å². The molecule has 0 bridgehead atoms. The predicted octanol–water partition coefficient (Wildman–Crippen LogP) is 1.82. The largest absolute Gasteiger partial charge is 0.391 e. The molecule has 1 aromatic heterocycles. The van der Waals surface area contributed by atoms with Crippen molar-refractivity contribution in [2.75, 3.05) is 85.7 Å². The number of thiazole rings is 1. The van der Waals surface area contributed by atoms with Crippen LogP contribution in [0.1, 0.15) is 63.8 Å². The lowest BCUT2D eigenvalue weighted by atomic mass is 9.85. The second kappa shape index (κ2) is 23.2. The van der Waals surface area contributed by atoms with Gasteiger partial charge in [0.15, 0.2) is 5.67 Å². The number of halogens is 1. The number of carbonyl (C=O) groups excluding carboxylic acids is 4. The summed E-state index contributed by atoms with van der Waals surface area (Å²) < 4.78 is 41.8. The van der Waals surface area contributed by atoms with Gasteiger partial charge in [-0.3, -0.25) is 19.2 Å². The van der Waals surface area contributed by atoms with Crippen LogP contribution in [0, 0.1) is 12.3 Å². The molecule has 2 aromatic rings. The van der Waals surface area contributed by atoms with Crippen LogP contribution in [0.2, 0.25) is 0 Å². The van der Waals surface area contributed by atoms with Crippen LogP contribution in [-0.4, -0.2) is 148 Å². The molecule has 0 spiro atoms. The fourth-order valence-electron chi connectivity index (χ4n) is 6.27. The van der Waals surface area contributed by atoms with Crippen LogP contribution < -0.4 is 21.7 Å². The van der Waals surface area contributed by atoms with E-state index >= 15 is 0 Å². The molecule has 16 nitrogen and oxygen atoms in total. The number of hydrogen-bond donors (Lipinski definition) is 5. The van der Waals surface area contributed by atoms with E-state index in [4.69, 9.17) is 29.4 Å². The molecule has 1 saturated heterocycles. The molecule has 4 amide bonds. The van der Waals surface area contributed by atoms with Crippen LogP contribution in [0.25, 0.3) is 10.4 Å². The van der Waals surface area contributed by atoms with Gasteiger partial charge in [-0.25, -0.2) is 9.37 Å². The van der Waals surface area contributed by atoms with Crippen molar-refractivity contribution >= 4 is 35.0 Å². The molecule has 1 aliphatic carbocycles. The highest BCUT2D eigenvalue weighted by Gasteiger charge is 2.53. The Hall–Kier alpha value is -3.62. The summed E-state index contributed by atoms with van der Waals surface area (Å²) in [5.74, 6) is -2.36. The Balaban J connectivity index is 1.28. The van der Waals surface area contributed by atoms with Crippen molar-refractivity contribution in [1.29, 1.82) is 0 Å². The smallest absolute Gasteiger partial charge is 0.258 e. The summed E-state index contributed by atoms with van der Waals surface area (Å²) in [6, 6.07) is 4.43. The first kappa shape index (κ1) is 47.1. The molecule has 18 heteroatoms. The van der Waals surface area contributed by atoms with E-state index in [0.29, 0.717) is 71.6 Å². The van der Waals surface area contributed by atoms with Crippen molar-refractivity contribution in [1.82, 2.24) is 25.8 Å². The lowest BCUT2D eigenvalue weighted by Crippen LogP contribution is -2.59. The number of alkyl halides is 1. The number of carbonyl (C=O) groups is 4. The van der Waals surface area contributed by atoms with E-state index in [1.807, 2.05) is 31.2 Å². The lowest BCUT2D eigenvalue weighted by molar-refractivity contribution is -0.145. The van der Waals surface area contributed by atoms with E-state index in [-0.39, 0.29) is 51.3 Å². The maximum Gasteiger partial charge on any atom is 0.258 e. The molecular weight excluding hydrogens is 776 g/mol. The number of aliphatic hydroxyl groups is 1. The monoisotopic (exact) mass is 836 g/mol. The van der Waals surface area contributed by atoms with Crippen LogP contribution >= 0.6 is 11.3 Å². The van der Waals surface area contributed by atoms with Crippen molar-refractivity contribution in [3.8, 4) is 10.4 Å². The molecule has 1 unspecified atom stereocenters. The van der Waals surface area contributed by atoms with Crippen LogP contribution in [-0.2, 0) is 42.9 Å². The molecule has 4 atom stereocenters. The Morgan fingerprint density at radius 1 is 0.931 bits per heavy atom.